The van der Waals surface area contributed by atoms with Crippen molar-refractivity contribution in [2.45, 2.75) is 27.0 Å². The van der Waals surface area contributed by atoms with Crippen LogP contribution in [0.2, 0.25) is 5.02 Å². The van der Waals surface area contributed by atoms with Crippen molar-refractivity contribution in [2.24, 2.45) is 13.0 Å². The molecule has 6 heteroatoms. The van der Waals surface area contributed by atoms with Gasteiger partial charge in [0.15, 0.2) is 5.82 Å². The zero-order valence-electron chi connectivity index (χ0n) is 12.6. The van der Waals surface area contributed by atoms with Crippen molar-refractivity contribution < 1.29 is 4.74 Å². The van der Waals surface area contributed by atoms with Gasteiger partial charge in [0.2, 0.25) is 0 Å². The molecule has 1 N–H and O–H groups in total. The van der Waals surface area contributed by atoms with E-state index in [-0.39, 0.29) is 0 Å². The molecule has 1 aromatic carbocycles. The molecule has 0 bridgehead atoms. The summed E-state index contributed by atoms with van der Waals surface area (Å²) in [6, 6.07) is 5.66. The van der Waals surface area contributed by atoms with Crippen molar-refractivity contribution in [1.29, 1.82) is 0 Å². The summed E-state index contributed by atoms with van der Waals surface area (Å²) in [5.74, 6) is 2.21. The molecule has 1 aromatic heterocycles. The van der Waals surface area contributed by atoms with Crippen molar-refractivity contribution in [2.75, 3.05) is 6.54 Å². The Labute approximate surface area is 130 Å². The van der Waals surface area contributed by atoms with Crippen LogP contribution in [0.3, 0.4) is 0 Å². The molecular formula is C15H21ClN4O. The van der Waals surface area contributed by atoms with Crippen molar-refractivity contribution in [3.05, 3.63) is 40.9 Å². The number of ether oxygens (including phenoxy) is 1. The van der Waals surface area contributed by atoms with Crippen LogP contribution in [0.4, 0.5) is 0 Å². The summed E-state index contributed by atoms with van der Waals surface area (Å²) in [6.45, 7) is 6.42. The number of benzene rings is 1. The quantitative estimate of drug-likeness (QED) is 0.854. The fourth-order valence-electron chi connectivity index (χ4n) is 1.90. The summed E-state index contributed by atoms with van der Waals surface area (Å²) in [6.07, 6.45) is 1.66. The maximum Gasteiger partial charge on any atom is 0.170 e. The zero-order chi connectivity index (χ0) is 15.2. The fraction of sp³-hybridized carbons (Fsp3) is 0.467. The van der Waals surface area contributed by atoms with Crippen molar-refractivity contribution >= 4 is 11.6 Å². The molecule has 0 aliphatic carbocycles. The first-order chi connectivity index (χ1) is 10.1. The molecule has 0 spiro atoms. The molecule has 2 aromatic rings. The highest BCUT2D eigenvalue weighted by Crippen LogP contribution is 2.23. The molecule has 0 amide bonds. The van der Waals surface area contributed by atoms with Gasteiger partial charge in [0, 0.05) is 24.2 Å². The second kappa shape index (κ2) is 7.43. The lowest BCUT2D eigenvalue weighted by molar-refractivity contribution is 0.287. The smallest absolute Gasteiger partial charge is 0.170 e. The molecular weight excluding hydrogens is 288 g/mol. The van der Waals surface area contributed by atoms with Gasteiger partial charge in [-0.1, -0.05) is 25.4 Å². The second-order valence-electron chi connectivity index (χ2n) is 5.42. The number of nitrogens with one attached hydrogen (secondary N) is 1. The Hall–Kier alpha value is -1.59. The Kier molecular flexibility index (Phi) is 5.59. The van der Waals surface area contributed by atoms with Crippen LogP contribution >= 0.6 is 11.6 Å². The van der Waals surface area contributed by atoms with Gasteiger partial charge in [-0.25, -0.2) is 0 Å². The van der Waals surface area contributed by atoms with Crippen LogP contribution in [0.25, 0.3) is 0 Å². The lowest BCUT2D eigenvalue weighted by Crippen LogP contribution is -2.19. The largest absolute Gasteiger partial charge is 0.485 e. The molecule has 0 atom stereocenters. The van der Waals surface area contributed by atoms with Crippen LogP contribution in [0, 0.1) is 5.92 Å². The minimum Gasteiger partial charge on any atom is -0.485 e. The highest BCUT2D eigenvalue weighted by Gasteiger charge is 2.08. The Balaban J connectivity index is 2.02. The fourth-order valence-corrected chi connectivity index (χ4v) is 2.10. The third-order valence-electron chi connectivity index (χ3n) is 3.05. The van der Waals surface area contributed by atoms with E-state index in [0.717, 1.165) is 30.2 Å². The van der Waals surface area contributed by atoms with Gasteiger partial charge in [-0.15, -0.1) is 10.2 Å². The first-order valence-electron chi connectivity index (χ1n) is 7.01. The van der Waals surface area contributed by atoms with Gasteiger partial charge in [0.05, 0.1) is 0 Å². The number of hydrogen-bond donors (Lipinski definition) is 1. The van der Waals surface area contributed by atoms with E-state index in [0.29, 0.717) is 17.5 Å². The Bertz CT molecular complexity index is 583. The number of nitrogens with zero attached hydrogens (tertiary/aromatic N) is 3. The van der Waals surface area contributed by atoms with Gasteiger partial charge >= 0.3 is 0 Å². The van der Waals surface area contributed by atoms with Crippen LogP contribution in [-0.2, 0) is 20.2 Å². The summed E-state index contributed by atoms with van der Waals surface area (Å²) < 4.78 is 7.69. The molecule has 0 aliphatic rings. The number of rotatable bonds is 7. The summed E-state index contributed by atoms with van der Waals surface area (Å²) in [5, 5.41) is 12.0. The number of halogens is 1. The first-order valence-corrected chi connectivity index (χ1v) is 7.39. The Morgan fingerprint density at radius 1 is 1.38 bits per heavy atom. The second-order valence-corrected chi connectivity index (χ2v) is 5.86. The average Bonchev–Trinajstić information content (AvgIpc) is 2.83. The molecule has 0 radical (unpaired) electrons. The van der Waals surface area contributed by atoms with Gasteiger partial charge in [-0.2, -0.15) is 0 Å². The van der Waals surface area contributed by atoms with Gasteiger partial charge in [0.1, 0.15) is 18.7 Å². The number of hydrogen-bond acceptors (Lipinski definition) is 4. The van der Waals surface area contributed by atoms with E-state index < -0.39 is 0 Å². The molecule has 0 fully saturated rings. The van der Waals surface area contributed by atoms with E-state index in [4.69, 9.17) is 16.3 Å². The topological polar surface area (TPSA) is 52.0 Å². The summed E-state index contributed by atoms with van der Waals surface area (Å²) in [7, 11) is 1.89. The highest BCUT2D eigenvalue weighted by atomic mass is 35.5. The predicted octanol–water partition coefficient (Wildman–Crippen LogP) is 2.79. The van der Waals surface area contributed by atoms with E-state index >= 15 is 0 Å². The van der Waals surface area contributed by atoms with Crippen molar-refractivity contribution in [1.82, 2.24) is 20.1 Å². The normalized spacial score (nSPS) is 11.1. The van der Waals surface area contributed by atoms with Gasteiger partial charge in [0.25, 0.3) is 0 Å². The van der Waals surface area contributed by atoms with Crippen LogP contribution in [0.1, 0.15) is 25.2 Å². The SMILES string of the molecule is CC(C)CNCc1cc(Cl)ccc1OCc1nncn1C. The van der Waals surface area contributed by atoms with Gasteiger partial charge < -0.3 is 14.6 Å². The van der Waals surface area contributed by atoms with Crippen molar-refractivity contribution in [3.8, 4) is 5.75 Å². The van der Waals surface area contributed by atoms with E-state index in [1.807, 2.05) is 29.8 Å². The minimum absolute atomic E-state index is 0.384. The van der Waals surface area contributed by atoms with E-state index in [1.54, 1.807) is 6.33 Å². The molecule has 2 rings (SSSR count). The Morgan fingerprint density at radius 3 is 2.86 bits per heavy atom. The van der Waals surface area contributed by atoms with Crippen LogP contribution < -0.4 is 10.1 Å². The number of aryl methyl sites for hydroxylation is 1. The summed E-state index contributed by atoms with van der Waals surface area (Å²) >= 11 is 6.07. The lowest BCUT2D eigenvalue weighted by Gasteiger charge is -2.13. The third-order valence-corrected chi connectivity index (χ3v) is 3.29. The Morgan fingerprint density at radius 2 is 2.19 bits per heavy atom. The molecule has 0 unspecified atom stereocenters. The van der Waals surface area contributed by atoms with E-state index in [9.17, 15) is 0 Å². The lowest BCUT2D eigenvalue weighted by atomic mass is 10.2. The van der Waals surface area contributed by atoms with Gasteiger partial charge in [-0.05, 0) is 30.7 Å². The average molecular weight is 309 g/mol. The first kappa shape index (κ1) is 15.8. The highest BCUT2D eigenvalue weighted by molar-refractivity contribution is 6.30. The maximum absolute atomic E-state index is 6.07. The van der Waals surface area contributed by atoms with Crippen LogP contribution in [-0.4, -0.2) is 21.3 Å². The standard InChI is InChI=1S/C15H21ClN4O/c1-11(2)7-17-8-12-6-13(16)4-5-14(12)21-9-15-19-18-10-20(15)3/h4-6,10-11,17H,7-9H2,1-3H3. The minimum atomic E-state index is 0.384. The molecule has 21 heavy (non-hydrogen) atoms. The van der Waals surface area contributed by atoms with Gasteiger partial charge in [-0.3, -0.25) is 0 Å². The predicted molar refractivity (Wildman–Crippen MR) is 83.3 cm³/mol. The number of aromatic nitrogens is 3. The van der Waals surface area contributed by atoms with Crippen LogP contribution in [0.15, 0.2) is 24.5 Å². The molecule has 0 saturated carbocycles. The van der Waals surface area contributed by atoms with Crippen LogP contribution in [0.5, 0.6) is 5.75 Å². The van der Waals surface area contributed by atoms with E-state index in [1.165, 1.54) is 0 Å². The molecule has 5 nitrogen and oxygen atoms in total. The van der Waals surface area contributed by atoms with Crippen molar-refractivity contribution in [3.63, 3.8) is 0 Å². The third kappa shape index (κ3) is 4.72. The van der Waals surface area contributed by atoms with E-state index in [2.05, 4.69) is 29.4 Å². The summed E-state index contributed by atoms with van der Waals surface area (Å²) in [4.78, 5) is 0. The zero-order valence-corrected chi connectivity index (χ0v) is 13.4. The molecule has 0 aliphatic heterocycles. The molecule has 1 heterocycles. The summed E-state index contributed by atoms with van der Waals surface area (Å²) in [5.41, 5.74) is 1.05. The molecule has 114 valence electrons. The monoisotopic (exact) mass is 308 g/mol. The maximum atomic E-state index is 6.07. The molecule has 0 saturated heterocycles.